The lowest BCUT2D eigenvalue weighted by atomic mass is 10.0. The zero-order chi connectivity index (χ0) is 9.68. The van der Waals surface area contributed by atoms with Gasteiger partial charge in [-0.2, -0.15) is 0 Å². The minimum atomic E-state index is 0.124. The van der Waals surface area contributed by atoms with Gasteiger partial charge in [0.1, 0.15) is 0 Å². The van der Waals surface area contributed by atoms with E-state index in [0.717, 1.165) is 19.5 Å². The Labute approximate surface area is 78.7 Å². The van der Waals surface area contributed by atoms with Crippen molar-refractivity contribution in [2.24, 2.45) is 5.92 Å². The largest absolute Gasteiger partial charge is 0.396 e. The van der Waals surface area contributed by atoms with Crippen molar-refractivity contribution in [2.75, 3.05) is 19.7 Å². The maximum absolute atomic E-state index is 11.4. The van der Waals surface area contributed by atoms with Crippen molar-refractivity contribution in [1.82, 2.24) is 10.6 Å². The number of hydrogen-bond acceptors (Lipinski definition) is 3. The van der Waals surface area contributed by atoms with Gasteiger partial charge in [-0.1, -0.05) is 6.92 Å². The van der Waals surface area contributed by atoms with Gasteiger partial charge in [0.2, 0.25) is 5.91 Å². The fraction of sp³-hybridized carbons (Fsp3) is 0.889. The van der Waals surface area contributed by atoms with Crippen LogP contribution in [0.2, 0.25) is 0 Å². The summed E-state index contributed by atoms with van der Waals surface area (Å²) in [5.74, 6) is 0.270. The third kappa shape index (κ3) is 2.97. The Kier molecular flexibility index (Phi) is 4.18. The minimum Gasteiger partial charge on any atom is -0.396 e. The lowest BCUT2D eigenvalue weighted by Crippen LogP contribution is -2.52. The highest BCUT2D eigenvalue weighted by molar-refractivity contribution is 5.80. The monoisotopic (exact) mass is 186 g/mol. The fourth-order valence-corrected chi connectivity index (χ4v) is 1.33. The number of hydrogen-bond donors (Lipinski definition) is 3. The summed E-state index contributed by atoms with van der Waals surface area (Å²) in [7, 11) is 0. The van der Waals surface area contributed by atoms with Gasteiger partial charge in [0.05, 0.1) is 5.92 Å². The van der Waals surface area contributed by atoms with Crippen molar-refractivity contribution < 1.29 is 9.90 Å². The molecule has 0 aromatic rings. The number of carbonyl (C=O) groups is 1. The number of rotatable bonds is 5. The third-order valence-corrected chi connectivity index (χ3v) is 2.47. The van der Waals surface area contributed by atoms with E-state index in [1.54, 1.807) is 0 Å². The van der Waals surface area contributed by atoms with E-state index in [-0.39, 0.29) is 24.5 Å². The molecule has 0 radical (unpaired) electrons. The SMILES string of the molecule is CCC(CCO)NC(=O)C1CNC1. The quantitative estimate of drug-likeness (QED) is 0.541. The second kappa shape index (κ2) is 5.19. The molecule has 0 aliphatic carbocycles. The normalized spacial score (nSPS) is 19.2. The van der Waals surface area contributed by atoms with Crippen LogP contribution < -0.4 is 10.6 Å². The van der Waals surface area contributed by atoms with Crippen molar-refractivity contribution in [3.63, 3.8) is 0 Å². The standard InChI is InChI=1S/C9H18N2O2/c1-2-8(3-4-12)11-9(13)7-5-10-6-7/h7-8,10,12H,2-6H2,1H3,(H,11,13). The molecule has 3 N–H and O–H groups in total. The molecule has 76 valence electrons. The molecule has 4 nitrogen and oxygen atoms in total. The number of carbonyl (C=O) groups excluding carboxylic acids is 1. The first-order valence-corrected chi connectivity index (χ1v) is 4.89. The number of nitrogens with one attached hydrogen (secondary N) is 2. The Hall–Kier alpha value is -0.610. The van der Waals surface area contributed by atoms with Crippen LogP contribution in [0.4, 0.5) is 0 Å². The smallest absolute Gasteiger partial charge is 0.225 e. The summed E-state index contributed by atoms with van der Waals surface area (Å²) >= 11 is 0. The molecule has 0 aromatic carbocycles. The molecular weight excluding hydrogens is 168 g/mol. The molecule has 13 heavy (non-hydrogen) atoms. The molecule has 1 unspecified atom stereocenters. The van der Waals surface area contributed by atoms with Crippen LogP contribution in [-0.2, 0) is 4.79 Å². The van der Waals surface area contributed by atoms with Crippen LogP contribution >= 0.6 is 0 Å². The van der Waals surface area contributed by atoms with E-state index in [2.05, 4.69) is 10.6 Å². The Morgan fingerprint density at radius 3 is 2.77 bits per heavy atom. The van der Waals surface area contributed by atoms with Gasteiger partial charge in [0, 0.05) is 25.7 Å². The van der Waals surface area contributed by atoms with Gasteiger partial charge in [-0.25, -0.2) is 0 Å². The lowest BCUT2D eigenvalue weighted by molar-refractivity contribution is -0.127. The molecule has 1 aliphatic rings. The Morgan fingerprint density at radius 1 is 1.69 bits per heavy atom. The molecule has 1 heterocycles. The molecule has 0 bridgehead atoms. The van der Waals surface area contributed by atoms with Crippen LogP contribution in [0.15, 0.2) is 0 Å². The Balaban J connectivity index is 2.23. The summed E-state index contributed by atoms with van der Waals surface area (Å²) < 4.78 is 0. The Bertz CT molecular complexity index is 169. The summed E-state index contributed by atoms with van der Waals surface area (Å²) in [5.41, 5.74) is 0. The zero-order valence-corrected chi connectivity index (χ0v) is 8.05. The van der Waals surface area contributed by atoms with E-state index in [0.29, 0.717) is 6.42 Å². The predicted octanol–water partition coefficient (Wildman–Crippen LogP) is -0.517. The summed E-state index contributed by atoms with van der Waals surface area (Å²) in [4.78, 5) is 11.4. The van der Waals surface area contributed by atoms with Crippen LogP contribution in [0.3, 0.4) is 0 Å². The van der Waals surface area contributed by atoms with Crippen LogP contribution in [-0.4, -0.2) is 36.8 Å². The highest BCUT2D eigenvalue weighted by Crippen LogP contribution is 2.05. The van der Waals surface area contributed by atoms with Crippen LogP contribution in [0, 0.1) is 5.92 Å². The molecule has 1 atom stereocenters. The van der Waals surface area contributed by atoms with Gasteiger partial charge in [-0.3, -0.25) is 4.79 Å². The van der Waals surface area contributed by atoms with Gasteiger partial charge < -0.3 is 15.7 Å². The maximum atomic E-state index is 11.4. The fourth-order valence-electron chi connectivity index (χ4n) is 1.33. The van der Waals surface area contributed by atoms with Gasteiger partial charge >= 0.3 is 0 Å². The molecule has 0 saturated carbocycles. The van der Waals surface area contributed by atoms with Crippen molar-refractivity contribution in [1.29, 1.82) is 0 Å². The van der Waals surface area contributed by atoms with Crippen molar-refractivity contribution >= 4 is 5.91 Å². The highest BCUT2D eigenvalue weighted by atomic mass is 16.3. The van der Waals surface area contributed by atoms with Gasteiger partial charge in [-0.15, -0.1) is 0 Å². The zero-order valence-electron chi connectivity index (χ0n) is 8.05. The average molecular weight is 186 g/mol. The summed E-state index contributed by atoms with van der Waals surface area (Å²) in [6, 6.07) is 0.137. The molecule has 1 saturated heterocycles. The summed E-state index contributed by atoms with van der Waals surface area (Å²) in [6.07, 6.45) is 1.54. The molecule has 1 fully saturated rings. The molecular formula is C9H18N2O2. The molecule has 0 aromatic heterocycles. The van der Waals surface area contributed by atoms with Gasteiger partial charge in [0.25, 0.3) is 0 Å². The van der Waals surface area contributed by atoms with E-state index in [1.807, 2.05) is 6.92 Å². The van der Waals surface area contributed by atoms with Crippen LogP contribution in [0.5, 0.6) is 0 Å². The molecule has 4 heteroatoms. The van der Waals surface area contributed by atoms with Gasteiger partial charge in [0.15, 0.2) is 0 Å². The van der Waals surface area contributed by atoms with E-state index < -0.39 is 0 Å². The Morgan fingerprint density at radius 2 is 2.38 bits per heavy atom. The van der Waals surface area contributed by atoms with E-state index in [1.165, 1.54) is 0 Å². The van der Waals surface area contributed by atoms with E-state index in [4.69, 9.17) is 5.11 Å². The first-order chi connectivity index (χ1) is 6.27. The average Bonchev–Trinajstić information content (AvgIpc) is 2.00. The molecule has 1 aliphatic heterocycles. The van der Waals surface area contributed by atoms with E-state index >= 15 is 0 Å². The van der Waals surface area contributed by atoms with Gasteiger partial charge in [-0.05, 0) is 12.8 Å². The number of aliphatic hydroxyl groups excluding tert-OH is 1. The molecule has 1 amide bonds. The first-order valence-electron chi connectivity index (χ1n) is 4.89. The van der Waals surface area contributed by atoms with Crippen LogP contribution in [0.25, 0.3) is 0 Å². The molecule has 1 rings (SSSR count). The van der Waals surface area contributed by atoms with Crippen LogP contribution in [0.1, 0.15) is 19.8 Å². The van der Waals surface area contributed by atoms with E-state index in [9.17, 15) is 4.79 Å². The number of aliphatic hydroxyl groups is 1. The first kappa shape index (κ1) is 10.5. The highest BCUT2D eigenvalue weighted by Gasteiger charge is 2.25. The van der Waals surface area contributed by atoms with Crippen molar-refractivity contribution in [3.05, 3.63) is 0 Å². The maximum Gasteiger partial charge on any atom is 0.225 e. The second-order valence-electron chi connectivity index (χ2n) is 3.48. The summed E-state index contributed by atoms with van der Waals surface area (Å²) in [6.45, 7) is 3.74. The van der Waals surface area contributed by atoms with Crippen molar-refractivity contribution in [2.45, 2.75) is 25.8 Å². The molecule has 0 spiro atoms. The van der Waals surface area contributed by atoms with Crippen molar-refractivity contribution in [3.8, 4) is 0 Å². The minimum absolute atomic E-state index is 0.124. The third-order valence-electron chi connectivity index (χ3n) is 2.47. The topological polar surface area (TPSA) is 61.4 Å². The lowest BCUT2D eigenvalue weighted by Gasteiger charge is -2.28. The predicted molar refractivity (Wildman–Crippen MR) is 50.3 cm³/mol. The number of amides is 1. The summed E-state index contributed by atoms with van der Waals surface area (Å²) in [5, 5.41) is 14.7. The second-order valence-corrected chi connectivity index (χ2v) is 3.48.